The fourth-order valence-electron chi connectivity index (χ4n) is 3.04. The van der Waals surface area contributed by atoms with Gasteiger partial charge in [0.05, 0.1) is 0 Å². The summed E-state index contributed by atoms with van der Waals surface area (Å²) in [4.78, 5) is 0. The topological polar surface area (TPSA) is 26.0 Å². The van der Waals surface area contributed by atoms with Gasteiger partial charge in [-0.05, 0) is 61.3 Å². The zero-order valence-electron chi connectivity index (χ0n) is 10.5. The molecule has 0 saturated heterocycles. The fourth-order valence-corrected chi connectivity index (χ4v) is 3.31. The van der Waals surface area contributed by atoms with Crippen LogP contribution in [0, 0.1) is 17.8 Å². The first kappa shape index (κ1) is 13.1. The molecule has 1 aliphatic carbocycles. The Morgan fingerprint density at radius 3 is 2.53 bits per heavy atom. The number of benzene rings is 1. The maximum atomic E-state index is 5.91. The van der Waals surface area contributed by atoms with Crippen LogP contribution in [0.4, 0.5) is 0 Å². The minimum atomic E-state index is 0.731. The first-order chi connectivity index (χ1) is 8.19. The Hall–Kier alpha value is -0.340. The summed E-state index contributed by atoms with van der Waals surface area (Å²) in [5, 5.41) is 0. The van der Waals surface area contributed by atoms with Gasteiger partial charge < -0.3 is 5.73 Å². The van der Waals surface area contributed by atoms with E-state index in [1.54, 1.807) is 0 Å². The van der Waals surface area contributed by atoms with E-state index in [1.807, 2.05) is 0 Å². The number of rotatable bonds is 3. The number of halogens is 1. The van der Waals surface area contributed by atoms with Crippen molar-refractivity contribution in [3.63, 3.8) is 0 Å². The monoisotopic (exact) mass is 295 g/mol. The van der Waals surface area contributed by atoms with Crippen LogP contribution in [0.5, 0.6) is 0 Å². The van der Waals surface area contributed by atoms with Crippen molar-refractivity contribution in [2.45, 2.75) is 32.6 Å². The van der Waals surface area contributed by atoms with Gasteiger partial charge in [0.15, 0.2) is 0 Å². The summed E-state index contributed by atoms with van der Waals surface area (Å²) in [5.41, 5.74) is 7.36. The van der Waals surface area contributed by atoms with E-state index in [-0.39, 0.29) is 0 Å². The summed E-state index contributed by atoms with van der Waals surface area (Å²) in [7, 11) is 0. The molecule has 1 aromatic carbocycles. The van der Waals surface area contributed by atoms with Crippen molar-refractivity contribution >= 4 is 15.9 Å². The zero-order chi connectivity index (χ0) is 12.3. The summed E-state index contributed by atoms with van der Waals surface area (Å²) in [6.07, 6.45) is 5.22. The van der Waals surface area contributed by atoms with E-state index < -0.39 is 0 Å². The van der Waals surface area contributed by atoms with E-state index in [2.05, 4.69) is 47.1 Å². The average molecular weight is 296 g/mol. The van der Waals surface area contributed by atoms with E-state index in [0.29, 0.717) is 0 Å². The normalized spacial score (nSPS) is 29.2. The van der Waals surface area contributed by atoms with Gasteiger partial charge in [-0.1, -0.05) is 41.4 Å². The van der Waals surface area contributed by atoms with Crippen LogP contribution >= 0.6 is 15.9 Å². The van der Waals surface area contributed by atoms with Gasteiger partial charge >= 0.3 is 0 Å². The van der Waals surface area contributed by atoms with Crippen LogP contribution in [0.15, 0.2) is 28.7 Å². The molecule has 0 aliphatic heterocycles. The third kappa shape index (κ3) is 3.56. The molecular weight excluding hydrogens is 274 g/mol. The van der Waals surface area contributed by atoms with E-state index in [1.165, 1.54) is 31.2 Å². The highest BCUT2D eigenvalue weighted by atomic mass is 79.9. The molecule has 17 heavy (non-hydrogen) atoms. The quantitative estimate of drug-likeness (QED) is 0.896. The lowest BCUT2D eigenvalue weighted by Crippen LogP contribution is -2.30. The Morgan fingerprint density at radius 1 is 1.18 bits per heavy atom. The fraction of sp³-hybridized carbons (Fsp3) is 0.600. The summed E-state index contributed by atoms with van der Waals surface area (Å²) < 4.78 is 1.16. The van der Waals surface area contributed by atoms with Crippen LogP contribution in [0.25, 0.3) is 0 Å². The number of nitrogens with two attached hydrogens (primary N) is 1. The smallest absolute Gasteiger partial charge is 0.0175 e. The van der Waals surface area contributed by atoms with Crippen LogP contribution in [0.2, 0.25) is 0 Å². The van der Waals surface area contributed by atoms with Crippen molar-refractivity contribution < 1.29 is 0 Å². The zero-order valence-corrected chi connectivity index (χ0v) is 12.1. The summed E-state index contributed by atoms with van der Waals surface area (Å²) >= 11 is 3.49. The predicted octanol–water partition coefficient (Wildman–Crippen LogP) is 4.00. The van der Waals surface area contributed by atoms with Gasteiger partial charge in [-0.15, -0.1) is 0 Å². The molecule has 0 bridgehead atoms. The van der Waals surface area contributed by atoms with Gasteiger partial charge in [-0.3, -0.25) is 0 Å². The highest BCUT2D eigenvalue weighted by molar-refractivity contribution is 9.10. The molecule has 3 atom stereocenters. The van der Waals surface area contributed by atoms with Crippen LogP contribution in [-0.2, 0) is 6.42 Å². The molecule has 0 radical (unpaired) electrons. The molecule has 0 aromatic heterocycles. The Morgan fingerprint density at radius 2 is 1.88 bits per heavy atom. The SMILES string of the molecule is CC1CCC(CN)C(Cc2ccc(Br)cc2)C1. The molecule has 2 heteroatoms. The lowest BCUT2D eigenvalue weighted by molar-refractivity contribution is 0.193. The second-order valence-corrected chi connectivity index (χ2v) is 6.42. The van der Waals surface area contributed by atoms with Crippen LogP contribution < -0.4 is 5.73 Å². The van der Waals surface area contributed by atoms with Gasteiger partial charge in [0.25, 0.3) is 0 Å². The molecule has 1 nitrogen and oxygen atoms in total. The standard InChI is InChI=1S/C15H22BrN/c1-11-2-5-13(10-17)14(8-11)9-12-3-6-15(16)7-4-12/h3-4,6-7,11,13-14H,2,5,8-10,17H2,1H3. The van der Waals surface area contributed by atoms with Crippen molar-refractivity contribution in [2.75, 3.05) is 6.54 Å². The van der Waals surface area contributed by atoms with E-state index >= 15 is 0 Å². The maximum Gasteiger partial charge on any atom is 0.0175 e. The van der Waals surface area contributed by atoms with Crippen LogP contribution in [-0.4, -0.2) is 6.54 Å². The molecule has 94 valence electrons. The van der Waals surface area contributed by atoms with Gasteiger partial charge in [0, 0.05) is 4.47 Å². The van der Waals surface area contributed by atoms with Crippen molar-refractivity contribution in [3.05, 3.63) is 34.3 Å². The molecule has 0 amide bonds. The molecule has 0 spiro atoms. The van der Waals surface area contributed by atoms with Gasteiger partial charge in [0.1, 0.15) is 0 Å². The van der Waals surface area contributed by atoms with E-state index in [9.17, 15) is 0 Å². The minimum absolute atomic E-state index is 0.731. The molecule has 2 rings (SSSR count). The Bertz CT molecular complexity index is 346. The van der Waals surface area contributed by atoms with Crippen molar-refractivity contribution in [1.29, 1.82) is 0 Å². The highest BCUT2D eigenvalue weighted by Crippen LogP contribution is 2.35. The maximum absolute atomic E-state index is 5.91. The number of hydrogen-bond acceptors (Lipinski definition) is 1. The van der Waals surface area contributed by atoms with Crippen LogP contribution in [0.3, 0.4) is 0 Å². The molecule has 0 heterocycles. The second-order valence-electron chi connectivity index (χ2n) is 5.50. The molecule has 1 aromatic rings. The summed E-state index contributed by atoms with van der Waals surface area (Å²) in [6, 6.07) is 8.74. The largest absolute Gasteiger partial charge is 0.330 e. The van der Waals surface area contributed by atoms with Crippen molar-refractivity contribution in [2.24, 2.45) is 23.5 Å². The second kappa shape index (κ2) is 6.01. The summed E-state index contributed by atoms with van der Waals surface area (Å²) in [6.45, 7) is 3.23. The van der Waals surface area contributed by atoms with Gasteiger partial charge in [-0.2, -0.15) is 0 Å². The first-order valence-corrected chi connectivity index (χ1v) is 7.43. The Labute approximate surface area is 113 Å². The average Bonchev–Trinajstić information content (AvgIpc) is 2.32. The Balaban J connectivity index is 2.02. The van der Waals surface area contributed by atoms with Crippen molar-refractivity contribution in [3.8, 4) is 0 Å². The Kier molecular flexibility index (Phi) is 4.63. The predicted molar refractivity (Wildman–Crippen MR) is 76.9 cm³/mol. The van der Waals surface area contributed by atoms with E-state index in [4.69, 9.17) is 5.73 Å². The van der Waals surface area contributed by atoms with Crippen LogP contribution in [0.1, 0.15) is 31.7 Å². The lowest BCUT2D eigenvalue weighted by Gasteiger charge is -2.34. The molecule has 1 saturated carbocycles. The minimum Gasteiger partial charge on any atom is -0.330 e. The first-order valence-electron chi connectivity index (χ1n) is 6.63. The third-order valence-corrected chi connectivity index (χ3v) is 4.64. The summed E-state index contributed by atoms with van der Waals surface area (Å²) in [5.74, 6) is 2.39. The van der Waals surface area contributed by atoms with Gasteiger partial charge in [0.2, 0.25) is 0 Å². The van der Waals surface area contributed by atoms with E-state index in [0.717, 1.165) is 28.8 Å². The molecule has 3 unspecified atom stereocenters. The molecule has 2 N–H and O–H groups in total. The number of hydrogen-bond donors (Lipinski definition) is 1. The highest BCUT2D eigenvalue weighted by Gasteiger charge is 2.27. The van der Waals surface area contributed by atoms with Gasteiger partial charge in [-0.25, -0.2) is 0 Å². The molecular formula is C15H22BrN. The molecule has 1 fully saturated rings. The van der Waals surface area contributed by atoms with Crippen molar-refractivity contribution in [1.82, 2.24) is 0 Å². The lowest BCUT2D eigenvalue weighted by atomic mass is 9.72. The third-order valence-electron chi connectivity index (χ3n) is 4.12. The molecule has 1 aliphatic rings.